The van der Waals surface area contributed by atoms with Crippen molar-refractivity contribution in [2.75, 3.05) is 5.32 Å². The second-order valence-electron chi connectivity index (χ2n) is 11.6. The van der Waals surface area contributed by atoms with E-state index in [-0.39, 0.29) is 0 Å². The van der Waals surface area contributed by atoms with Crippen molar-refractivity contribution >= 4 is 22.7 Å². The van der Waals surface area contributed by atoms with Crippen LogP contribution in [0.15, 0.2) is 42.5 Å². The first kappa shape index (κ1) is 22.3. The van der Waals surface area contributed by atoms with Gasteiger partial charge in [-0.25, -0.2) is 4.98 Å². The molecule has 33 heavy (non-hydrogen) atoms. The number of benzene rings is 2. The highest BCUT2D eigenvalue weighted by molar-refractivity contribution is 5.81. The Hall–Kier alpha value is -2.49. The molecule has 1 aromatic heterocycles. The predicted molar refractivity (Wildman–Crippen MR) is 138 cm³/mol. The number of fused-ring (bicyclic) bond motifs is 1. The molecule has 2 aromatic carbocycles. The first-order chi connectivity index (χ1) is 15.8. The summed E-state index contributed by atoms with van der Waals surface area (Å²) in [5.41, 5.74) is 4.99. The minimum atomic E-state index is 0.329. The summed E-state index contributed by atoms with van der Waals surface area (Å²) in [6.45, 7) is 11.7. The molecule has 4 nitrogen and oxygen atoms in total. The van der Waals surface area contributed by atoms with Crippen molar-refractivity contribution in [3.63, 3.8) is 0 Å². The molecule has 0 radical (unpaired) electrons. The SMILES string of the molecule is CC1CC(n2c(Nc3ccc(C(C)C)cc3)nc3ccc(OC4CCC4)cc32)CC(C)(C)C1. The number of rotatable bonds is 6. The first-order valence-corrected chi connectivity index (χ1v) is 12.8. The monoisotopic (exact) mass is 445 g/mol. The van der Waals surface area contributed by atoms with Gasteiger partial charge in [-0.3, -0.25) is 0 Å². The van der Waals surface area contributed by atoms with Crippen LogP contribution >= 0.6 is 0 Å². The van der Waals surface area contributed by atoms with Gasteiger partial charge < -0.3 is 14.6 Å². The van der Waals surface area contributed by atoms with E-state index in [2.05, 4.69) is 87.0 Å². The fourth-order valence-corrected chi connectivity index (χ4v) is 5.86. The van der Waals surface area contributed by atoms with Crippen LogP contribution in [0.25, 0.3) is 11.0 Å². The summed E-state index contributed by atoms with van der Waals surface area (Å²) in [4.78, 5) is 5.06. The Morgan fingerprint density at radius 3 is 2.45 bits per heavy atom. The van der Waals surface area contributed by atoms with E-state index in [1.165, 1.54) is 43.2 Å². The molecule has 2 unspecified atom stereocenters. The zero-order chi connectivity index (χ0) is 23.2. The third-order valence-corrected chi connectivity index (χ3v) is 7.58. The van der Waals surface area contributed by atoms with Crippen LogP contribution in [-0.4, -0.2) is 15.7 Å². The minimum absolute atomic E-state index is 0.329. The summed E-state index contributed by atoms with van der Waals surface area (Å²) in [5, 5.41) is 3.66. The molecule has 2 saturated carbocycles. The maximum Gasteiger partial charge on any atom is 0.208 e. The Labute approximate surface area is 198 Å². The van der Waals surface area contributed by atoms with Crippen LogP contribution in [0.5, 0.6) is 5.75 Å². The van der Waals surface area contributed by atoms with Crippen molar-refractivity contribution in [3.8, 4) is 5.75 Å². The maximum absolute atomic E-state index is 6.26. The standard InChI is InChI=1S/C29H39N3O/c1-19(2)21-9-11-22(12-10-21)30-28-31-26-14-13-25(33-24-7-6-8-24)16-27(26)32(28)23-15-20(3)17-29(4,5)18-23/h9-14,16,19-20,23-24H,6-8,15,17-18H2,1-5H3,(H,30,31). The van der Waals surface area contributed by atoms with Gasteiger partial charge in [0.05, 0.1) is 17.1 Å². The summed E-state index contributed by atoms with van der Waals surface area (Å²) in [5.74, 6) is 3.15. The van der Waals surface area contributed by atoms with E-state index >= 15 is 0 Å². The predicted octanol–water partition coefficient (Wildman–Crippen LogP) is 8.22. The molecule has 5 rings (SSSR count). The van der Waals surface area contributed by atoms with Gasteiger partial charge in [0.1, 0.15) is 5.75 Å². The molecule has 0 saturated heterocycles. The van der Waals surface area contributed by atoms with Gasteiger partial charge in [-0.15, -0.1) is 0 Å². The molecule has 0 spiro atoms. The number of aromatic nitrogens is 2. The van der Waals surface area contributed by atoms with Crippen molar-refractivity contribution < 1.29 is 4.74 Å². The third-order valence-electron chi connectivity index (χ3n) is 7.58. The molecule has 176 valence electrons. The molecule has 0 amide bonds. The van der Waals surface area contributed by atoms with Gasteiger partial charge in [0.25, 0.3) is 0 Å². The number of imidazole rings is 1. The van der Waals surface area contributed by atoms with E-state index in [1.54, 1.807) is 0 Å². The van der Waals surface area contributed by atoms with E-state index in [0.717, 1.165) is 29.3 Å². The third kappa shape index (κ3) is 4.76. The van der Waals surface area contributed by atoms with Crippen molar-refractivity contribution in [1.82, 2.24) is 9.55 Å². The fraction of sp³-hybridized carbons (Fsp3) is 0.552. The molecule has 4 heteroatoms. The maximum atomic E-state index is 6.26. The van der Waals surface area contributed by atoms with Crippen molar-refractivity contribution in [2.45, 2.75) is 91.2 Å². The van der Waals surface area contributed by atoms with E-state index < -0.39 is 0 Å². The second-order valence-corrected chi connectivity index (χ2v) is 11.6. The molecule has 2 atom stereocenters. The molecule has 1 N–H and O–H groups in total. The highest BCUT2D eigenvalue weighted by Gasteiger charge is 2.34. The Kier molecular flexibility index (Phi) is 5.88. The van der Waals surface area contributed by atoms with Gasteiger partial charge in [-0.05, 0) is 85.6 Å². The normalized spacial score (nSPS) is 23.0. The van der Waals surface area contributed by atoms with E-state index in [0.29, 0.717) is 29.4 Å². The fourth-order valence-electron chi connectivity index (χ4n) is 5.86. The molecular formula is C29H39N3O. The molecule has 1 heterocycles. The van der Waals surface area contributed by atoms with Crippen molar-refractivity contribution in [1.29, 1.82) is 0 Å². The van der Waals surface area contributed by atoms with Crippen LogP contribution in [0, 0.1) is 11.3 Å². The number of anilines is 2. The Balaban J connectivity index is 1.54. The van der Waals surface area contributed by atoms with E-state index in [4.69, 9.17) is 9.72 Å². The number of hydrogen-bond acceptors (Lipinski definition) is 3. The van der Waals surface area contributed by atoms with Gasteiger partial charge in [0.2, 0.25) is 5.95 Å². The minimum Gasteiger partial charge on any atom is -0.490 e. The molecule has 2 aliphatic rings. The zero-order valence-corrected chi connectivity index (χ0v) is 20.9. The van der Waals surface area contributed by atoms with Crippen LogP contribution < -0.4 is 10.1 Å². The molecule has 2 fully saturated rings. The summed E-state index contributed by atoms with van der Waals surface area (Å²) < 4.78 is 8.73. The number of nitrogens with zero attached hydrogens (tertiary/aromatic N) is 2. The Morgan fingerprint density at radius 1 is 1.06 bits per heavy atom. The van der Waals surface area contributed by atoms with E-state index in [1.807, 2.05) is 0 Å². The summed E-state index contributed by atoms with van der Waals surface area (Å²) in [7, 11) is 0. The Morgan fingerprint density at radius 2 is 1.82 bits per heavy atom. The van der Waals surface area contributed by atoms with Crippen LogP contribution in [0.1, 0.15) is 90.7 Å². The van der Waals surface area contributed by atoms with E-state index in [9.17, 15) is 0 Å². The lowest BCUT2D eigenvalue weighted by molar-refractivity contribution is 0.120. The number of hydrogen-bond donors (Lipinski definition) is 1. The van der Waals surface area contributed by atoms with Crippen LogP contribution in [0.2, 0.25) is 0 Å². The second kappa shape index (κ2) is 8.70. The quantitative estimate of drug-likeness (QED) is 0.415. The van der Waals surface area contributed by atoms with Gasteiger partial charge in [0.15, 0.2) is 0 Å². The lowest BCUT2D eigenvalue weighted by Crippen LogP contribution is -2.29. The van der Waals surface area contributed by atoms with Gasteiger partial charge >= 0.3 is 0 Å². The molecule has 2 aliphatic carbocycles. The lowest BCUT2D eigenvalue weighted by atomic mass is 9.70. The lowest BCUT2D eigenvalue weighted by Gasteiger charge is -2.40. The van der Waals surface area contributed by atoms with Crippen molar-refractivity contribution in [2.24, 2.45) is 11.3 Å². The van der Waals surface area contributed by atoms with Crippen molar-refractivity contribution in [3.05, 3.63) is 48.0 Å². The van der Waals surface area contributed by atoms with Crippen LogP contribution in [0.4, 0.5) is 11.6 Å². The van der Waals surface area contributed by atoms with Gasteiger partial charge in [-0.2, -0.15) is 0 Å². The zero-order valence-electron chi connectivity index (χ0n) is 20.9. The molecular weight excluding hydrogens is 406 g/mol. The smallest absolute Gasteiger partial charge is 0.208 e. The number of nitrogens with one attached hydrogen (secondary N) is 1. The molecule has 0 aliphatic heterocycles. The summed E-state index contributed by atoms with van der Waals surface area (Å²) in [6, 6.07) is 15.7. The largest absolute Gasteiger partial charge is 0.490 e. The van der Waals surface area contributed by atoms with Crippen LogP contribution in [-0.2, 0) is 0 Å². The van der Waals surface area contributed by atoms with Gasteiger partial charge in [0, 0.05) is 17.8 Å². The highest BCUT2D eigenvalue weighted by atomic mass is 16.5. The average molecular weight is 446 g/mol. The molecule has 3 aromatic rings. The average Bonchev–Trinajstić information content (AvgIpc) is 3.06. The van der Waals surface area contributed by atoms with Crippen LogP contribution in [0.3, 0.4) is 0 Å². The van der Waals surface area contributed by atoms with Gasteiger partial charge in [-0.1, -0.05) is 46.8 Å². The number of ether oxygens (including phenoxy) is 1. The topological polar surface area (TPSA) is 39.1 Å². The summed E-state index contributed by atoms with van der Waals surface area (Å²) >= 11 is 0. The first-order valence-electron chi connectivity index (χ1n) is 12.8. The Bertz CT molecular complexity index is 1110. The molecule has 0 bridgehead atoms. The highest BCUT2D eigenvalue weighted by Crippen LogP contribution is 2.46. The summed E-state index contributed by atoms with van der Waals surface area (Å²) in [6.07, 6.45) is 7.63.